The lowest BCUT2D eigenvalue weighted by Gasteiger charge is -2.15. The molecule has 0 bridgehead atoms. The highest BCUT2D eigenvalue weighted by molar-refractivity contribution is 5.89. The van der Waals surface area contributed by atoms with E-state index in [1.807, 2.05) is 13.0 Å². The van der Waals surface area contributed by atoms with Crippen LogP contribution >= 0.6 is 0 Å². The zero-order valence-electron chi connectivity index (χ0n) is 16.5. The van der Waals surface area contributed by atoms with Gasteiger partial charge < -0.3 is 14.2 Å². The summed E-state index contributed by atoms with van der Waals surface area (Å²) in [5.74, 6) is 1.07. The summed E-state index contributed by atoms with van der Waals surface area (Å²) < 4.78 is 19.0. The fourth-order valence-corrected chi connectivity index (χ4v) is 3.18. The Morgan fingerprint density at radius 3 is 2.29 bits per heavy atom. The van der Waals surface area contributed by atoms with Gasteiger partial charge in [0.05, 0.1) is 33.0 Å². The molecular formula is C19H22N4O5. The first-order chi connectivity index (χ1) is 13.4. The lowest BCUT2D eigenvalue weighted by atomic mass is 10.2. The second kappa shape index (κ2) is 7.71. The van der Waals surface area contributed by atoms with Gasteiger partial charge in [0.2, 0.25) is 5.75 Å². The van der Waals surface area contributed by atoms with Gasteiger partial charge in [-0.25, -0.2) is 9.78 Å². The van der Waals surface area contributed by atoms with E-state index in [0.717, 1.165) is 5.69 Å². The Morgan fingerprint density at radius 2 is 1.68 bits per heavy atom. The SMILES string of the molecule is COc1cc2c(=O)n(CCn3c(C)cc(C)nc3=O)cnc2c(OC)c1OC. The molecule has 0 atom stereocenters. The van der Waals surface area contributed by atoms with Crippen LogP contribution in [0.5, 0.6) is 17.2 Å². The van der Waals surface area contributed by atoms with Crippen LogP contribution in [-0.2, 0) is 13.1 Å². The Kier molecular flexibility index (Phi) is 5.34. The highest BCUT2D eigenvalue weighted by Gasteiger charge is 2.19. The molecule has 1 aromatic carbocycles. The van der Waals surface area contributed by atoms with E-state index >= 15 is 0 Å². The molecular weight excluding hydrogens is 364 g/mol. The number of hydrogen-bond acceptors (Lipinski definition) is 7. The maximum Gasteiger partial charge on any atom is 0.348 e. The second-order valence-electron chi connectivity index (χ2n) is 6.26. The second-order valence-corrected chi connectivity index (χ2v) is 6.26. The van der Waals surface area contributed by atoms with Crippen LogP contribution in [0.25, 0.3) is 10.9 Å². The van der Waals surface area contributed by atoms with Gasteiger partial charge in [-0.2, -0.15) is 4.98 Å². The predicted molar refractivity (Wildman–Crippen MR) is 104 cm³/mol. The maximum absolute atomic E-state index is 13.0. The van der Waals surface area contributed by atoms with Crippen molar-refractivity contribution < 1.29 is 14.2 Å². The van der Waals surface area contributed by atoms with E-state index < -0.39 is 0 Å². The van der Waals surface area contributed by atoms with Crippen LogP contribution in [-0.4, -0.2) is 40.4 Å². The van der Waals surface area contributed by atoms with Gasteiger partial charge in [-0.05, 0) is 26.0 Å². The van der Waals surface area contributed by atoms with Crippen LogP contribution in [0.2, 0.25) is 0 Å². The highest BCUT2D eigenvalue weighted by Crippen LogP contribution is 2.41. The van der Waals surface area contributed by atoms with Crippen LogP contribution < -0.4 is 25.5 Å². The molecule has 148 valence electrons. The van der Waals surface area contributed by atoms with E-state index in [-0.39, 0.29) is 17.8 Å². The quantitative estimate of drug-likeness (QED) is 0.630. The van der Waals surface area contributed by atoms with Crippen molar-refractivity contribution >= 4 is 10.9 Å². The number of rotatable bonds is 6. The molecule has 0 saturated carbocycles. The van der Waals surface area contributed by atoms with Gasteiger partial charge in [-0.15, -0.1) is 0 Å². The van der Waals surface area contributed by atoms with E-state index in [2.05, 4.69) is 9.97 Å². The van der Waals surface area contributed by atoms with Gasteiger partial charge >= 0.3 is 5.69 Å². The molecule has 2 aromatic heterocycles. The molecule has 3 aromatic rings. The third kappa shape index (κ3) is 3.30. The highest BCUT2D eigenvalue weighted by atomic mass is 16.5. The number of aromatic nitrogens is 4. The molecule has 0 aliphatic heterocycles. The lowest BCUT2D eigenvalue weighted by Crippen LogP contribution is -2.30. The molecule has 0 spiro atoms. The van der Waals surface area contributed by atoms with Gasteiger partial charge in [-0.3, -0.25) is 13.9 Å². The summed E-state index contributed by atoms with van der Waals surface area (Å²) in [4.78, 5) is 33.4. The molecule has 0 N–H and O–H groups in total. The van der Waals surface area contributed by atoms with Crippen LogP contribution in [0.3, 0.4) is 0 Å². The predicted octanol–water partition coefficient (Wildman–Crippen LogP) is 1.30. The number of ether oxygens (including phenoxy) is 3. The van der Waals surface area contributed by atoms with Gasteiger partial charge in [0.15, 0.2) is 11.5 Å². The normalized spacial score (nSPS) is 10.9. The average molecular weight is 386 g/mol. The van der Waals surface area contributed by atoms with Crippen LogP contribution in [0.4, 0.5) is 0 Å². The minimum absolute atomic E-state index is 0.268. The molecule has 3 rings (SSSR count). The molecule has 0 unspecified atom stereocenters. The largest absolute Gasteiger partial charge is 0.493 e. The first-order valence-electron chi connectivity index (χ1n) is 8.64. The summed E-state index contributed by atoms with van der Waals surface area (Å²) in [5.41, 5.74) is 1.22. The minimum Gasteiger partial charge on any atom is -0.493 e. The summed E-state index contributed by atoms with van der Waals surface area (Å²) in [6.45, 7) is 4.17. The van der Waals surface area contributed by atoms with Gasteiger partial charge in [0.25, 0.3) is 5.56 Å². The Labute approximate surface area is 161 Å². The van der Waals surface area contributed by atoms with E-state index in [1.54, 1.807) is 13.0 Å². The molecule has 0 fully saturated rings. The van der Waals surface area contributed by atoms with Crippen molar-refractivity contribution in [3.05, 3.63) is 50.7 Å². The van der Waals surface area contributed by atoms with Crippen molar-refractivity contribution in [3.8, 4) is 17.2 Å². The molecule has 0 aliphatic carbocycles. The zero-order chi connectivity index (χ0) is 20.4. The van der Waals surface area contributed by atoms with Crippen molar-refractivity contribution in [3.63, 3.8) is 0 Å². The van der Waals surface area contributed by atoms with Crippen LogP contribution in [0.15, 0.2) is 28.0 Å². The molecule has 9 nitrogen and oxygen atoms in total. The van der Waals surface area contributed by atoms with Crippen molar-refractivity contribution in [1.82, 2.24) is 19.1 Å². The van der Waals surface area contributed by atoms with Gasteiger partial charge in [-0.1, -0.05) is 0 Å². The smallest absolute Gasteiger partial charge is 0.348 e. The fraction of sp³-hybridized carbons (Fsp3) is 0.368. The molecule has 0 amide bonds. The topological polar surface area (TPSA) is 97.5 Å². The van der Waals surface area contributed by atoms with Gasteiger partial charge in [0, 0.05) is 24.5 Å². The van der Waals surface area contributed by atoms with Crippen LogP contribution in [0, 0.1) is 13.8 Å². The van der Waals surface area contributed by atoms with E-state index in [1.165, 1.54) is 36.8 Å². The van der Waals surface area contributed by atoms with Crippen molar-refractivity contribution in [2.75, 3.05) is 21.3 Å². The number of aryl methyl sites for hydroxylation is 3. The molecule has 2 heterocycles. The molecule has 9 heteroatoms. The number of nitrogens with zero attached hydrogens (tertiary/aromatic N) is 4. The van der Waals surface area contributed by atoms with Crippen LogP contribution in [0.1, 0.15) is 11.4 Å². The van der Waals surface area contributed by atoms with E-state index in [9.17, 15) is 9.59 Å². The molecule has 0 radical (unpaired) electrons. The molecule has 0 aliphatic rings. The monoisotopic (exact) mass is 386 g/mol. The number of hydrogen-bond donors (Lipinski definition) is 0. The minimum atomic E-state index is -0.340. The Morgan fingerprint density at radius 1 is 0.964 bits per heavy atom. The maximum atomic E-state index is 13.0. The third-order valence-corrected chi connectivity index (χ3v) is 4.53. The molecule has 28 heavy (non-hydrogen) atoms. The number of benzene rings is 1. The first kappa shape index (κ1) is 19.4. The fourth-order valence-electron chi connectivity index (χ4n) is 3.18. The standard InChI is InChI=1S/C19H22N4O5/c1-11-8-12(2)23(19(25)21-11)7-6-22-10-20-15-13(18(22)24)9-14(26-3)16(27-4)17(15)28-5/h8-10H,6-7H2,1-5H3. The average Bonchev–Trinajstić information content (AvgIpc) is 2.67. The molecule has 0 saturated heterocycles. The summed E-state index contributed by atoms with van der Waals surface area (Å²) in [6, 6.07) is 3.40. The van der Waals surface area contributed by atoms with Crippen molar-refractivity contribution in [1.29, 1.82) is 0 Å². The number of fused-ring (bicyclic) bond motifs is 1. The third-order valence-electron chi connectivity index (χ3n) is 4.53. The Hall–Kier alpha value is -3.36. The first-order valence-corrected chi connectivity index (χ1v) is 8.64. The summed E-state index contributed by atoms with van der Waals surface area (Å²) >= 11 is 0. The number of methoxy groups -OCH3 is 3. The van der Waals surface area contributed by atoms with E-state index in [4.69, 9.17) is 14.2 Å². The van der Waals surface area contributed by atoms with Gasteiger partial charge in [0.1, 0.15) is 5.52 Å². The summed E-state index contributed by atoms with van der Waals surface area (Å²) in [7, 11) is 4.45. The van der Waals surface area contributed by atoms with Crippen molar-refractivity contribution in [2.24, 2.45) is 0 Å². The summed E-state index contributed by atoms with van der Waals surface area (Å²) in [5, 5.41) is 0.336. The Bertz CT molecular complexity index is 1150. The summed E-state index contributed by atoms with van der Waals surface area (Å²) in [6.07, 6.45) is 1.43. The van der Waals surface area contributed by atoms with E-state index in [0.29, 0.717) is 40.4 Å². The Balaban J connectivity index is 2.06. The lowest BCUT2D eigenvalue weighted by molar-refractivity contribution is 0.326. The van der Waals surface area contributed by atoms with Crippen molar-refractivity contribution in [2.45, 2.75) is 26.9 Å². The zero-order valence-corrected chi connectivity index (χ0v) is 16.5.